The van der Waals surface area contributed by atoms with E-state index in [-0.39, 0.29) is 0 Å². The molecule has 0 heterocycles. The second-order valence-electron chi connectivity index (χ2n) is 15.8. The van der Waals surface area contributed by atoms with Crippen molar-refractivity contribution in [1.29, 1.82) is 0 Å². The zero-order chi connectivity index (χ0) is 38.7. The Balaban J connectivity index is 1.02. The topological polar surface area (TPSA) is 6.48 Å². The van der Waals surface area contributed by atoms with Crippen molar-refractivity contribution in [2.45, 2.75) is 51.4 Å². The first-order valence-corrected chi connectivity index (χ1v) is 21.1. The number of benzene rings is 8. The monoisotopic (exact) mass is 748 g/mol. The summed E-state index contributed by atoms with van der Waals surface area (Å²) >= 11 is 0. The van der Waals surface area contributed by atoms with E-state index >= 15 is 0 Å². The highest BCUT2D eigenvalue weighted by Gasteiger charge is 2.28. The second kappa shape index (κ2) is 16.1. The maximum atomic E-state index is 2.40. The standard InChI is InChI=1S/C56H48N2/c1-5-17-41(18-6-1)42-29-33-47(34-30-42)57(45-21-9-3-10-22-45)49-37-39-50(40-38-49)58(46-23-11-4-12-24-46)48-35-31-44(32-36-48)56-53-27-15-13-25-51(53)55(43-19-7-2-8-20-43)52-26-14-16-28-54(52)56/h1-12,17-24,29-40H,13-16,25-28H2. The maximum absolute atomic E-state index is 2.40. The molecule has 0 atom stereocenters. The van der Waals surface area contributed by atoms with Gasteiger partial charge in [0.1, 0.15) is 0 Å². The van der Waals surface area contributed by atoms with Gasteiger partial charge >= 0.3 is 0 Å². The van der Waals surface area contributed by atoms with Crippen LogP contribution in [0, 0.1) is 0 Å². The molecular weight excluding hydrogens is 701 g/mol. The lowest BCUT2D eigenvalue weighted by atomic mass is 9.73. The van der Waals surface area contributed by atoms with E-state index in [0.717, 1.165) is 34.1 Å². The van der Waals surface area contributed by atoms with Crippen molar-refractivity contribution in [2.75, 3.05) is 9.80 Å². The van der Waals surface area contributed by atoms with Crippen LogP contribution in [0.5, 0.6) is 0 Å². The van der Waals surface area contributed by atoms with Gasteiger partial charge in [0.2, 0.25) is 0 Å². The molecule has 0 spiro atoms. The van der Waals surface area contributed by atoms with E-state index < -0.39 is 0 Å². The Morgan fingerprint density at radius 3 is 0.828 bits per heavy atom. The summed E-state index contributed by atoms with van der Waals surface area (Å²) in [5, 5.41) is 0. The van der Waals surface area contributed by atoms with Crippen molar-refractivity contribution >= 4 is 34.1 Å². The molecule has 10 rings (SSSR count). The molecule has 2 aliphatic rings. The molecule has 282 valence electrons. The van der Waals surface area contributed by atoms with E-state index in [1.807, 2.05) is 0 Å². The molecule has 0 aromatic heterocycles. The molecule has 0 unspecified atom stereocenters. The Morgan fingerprint density at radius 1 is 0.224 bits per heavy atom. The van der Waals surface area contributed by atoms with Crippen LogP contribution in [0.15, 0.2) is 194 Å². The van der Waals surface area contributed by atoms with Gasteiger partial charge in [-0.1, -0.05) is 121 Å². The van der Waals surface area contributed by atoms with Crippen LogP contribution in [0.1, 0.15) is 47.9 Å². The predicted molar refractivity (Wildman–Crippen MR) is 245 cm³/mol. The van der Waals surface area contributed by atoms with E-state index in [2.05, 4.69) is 204 Å². The van der Waals surface area contributed by atoms with Crippen molar-refractivity contribution < 1.29 is 0 Å². The Kier molecular flexibility index (Phi) is 9.91. The summed E-state index contributed by atoms with van der Waals surface area (Å²) in [5.74, 6) is 0. The predicted octanol–water partition coefficient (Wildman–Crippen LogP) is 15.4. The normalized spacial score (nSPS) is 13.3. The Hall–Kier alpha value is -6.64. The summed E-state index contributed by atoms with van der Waals surface area (Å²) in [7, 11) is 0. The van der Waals surface area contributed by atoms with Gasteiger partial charge in [-0.15, -0.1) is 0 Å². The fourth-order valence-electron chi connectivity index (χ4n) is 9.59. The van der Waals surface area contributed by atoms with Crippen LogP contribution in [0.4, 0.5) is 34.1 Å². The van der Waals surface area contributed by atoms with E-state index in [1.165, 1.54) is 79.2 Å². The van der Waals surface area contributed by atoms with E-state index in [9.17, 15) is 0 Å². The molecular formula is C56H48N2. The van der Waals surface area contributed by atoms with Crippen LogP contribution >= 0.6 is 0 Å². The molecule has 0 N–H and O–H groups in total. The van der Waals surface area contributed by atoms with Gasteiger partial charge in [0.15, 0.2) is 0 Å². The van der Waals surface area contributed by atoms with Gasteiger partial charge in [-0.25, -0.2) is 0 Å². The SMILES string of the molecule is c1ccc(-c2ccc(N(c3ccccc3)c3ccc(N(c4ccccc4)c4ccc(-c5c6c(c(-c7ccccc7)c7c5CCCC7)CCCC6)cc4)cc3)cc2)cc1. The molecule has 0 bridgehead atoms. The van der Waals surface area contributed by atoms with Crippen LogP contribution in [0.3, 0.4) is 0 Å². The molecule has 8 aromatic rings. The minimum atomic E-state index is 1.11. The van der Waals surface area contributed by atoms with E-state index in [0.29, 0.717) is 0 Å². The fraction of sp³-hybridized carbons (Fsp3) is 0.143. The molecule has 0 fully saturated rings. The van der Waals surface area contributed by atoms with Gasteiger partial charge < -0.3 is 9.80 Å². The summed E-state index contributed by atoms with van der Waals surface area (Å²) in [6.07, 6.45) is 9.77. The number of rotatable bonds is 9. The summed E-state index contributed by atoms with van der Waals surface area (Å²) in [4.78, 5) is 4.73. The number of hydrogen-bond acceptors (Lipinski definition) is 2. The zero-order valence-electron chi connectivity index (χ0n) is 33.0. The molecule has 58 heavy (non-hydrogen) atoms. The van der Waals surface area contributed by atoms with Crippen molar-refractivity contribution in [3.63, 3.8) is 0 Å². The van der Waals surface area contributed by atoms with Gasteiger partial charge in [-0.05, 0) is 180 Å². The van der Waals surface area contributed by atoms with E-state index in [1.54, 1.807) is 27.8 Å². The number of nitrogens with zero attached hydrogens (tertiary/aromatic N) is 2. The van der Waals surface area contributed by atoms with Gasteiger partial charge in [0.05, 0.1) is 0 Å². The summed E-state index contributed by atoms with van der Waals surface area (Å²) < 4.78 is 0. The number of fused-ring (bicyclic) bond motifs is 2. The van der Waals surface area contributed by atoms with Gasteiger partial charge in [0, 0.05) is 34.1 Å². The van der Waals surface area contributed by atoms with Crippen molar-refractivity contribution in [1.82, 2.24) is 0 Å². The fourth-order valence-corrected chi connectivity index (χ4v) is 9.59. The van der Waals surface area contributed by atoms with Gasteiger partial charge in [0.25, 0.3) is 0 Å². The first-order valence-electron chi connectivity index (χ1n) is 21.1. The van der Waals surface area contributed by atoms with Gasteiger partial charge in [-0.2, -0.15) is 0 Å². The van der Waals surface area contributed by atoms with E-state index in [4.69, 9.17) is 0 Å². The lowest BCUT2D eigenvalue weighted by Gasteiger charge is -2.32. The molecule has 8 aromatic carbocycles. The minimum Gasteiger partial charge on any atom is -0.311 e. The molecule has 0 saturated carbocycles. The average molecular weight is 749 g/mol. The molecule has 2 heteroatoms. The minimum absolute atomic E-state index is 1.11. The first-order chi connectivity index (χ1) is 28.8. The largest absolute Gasteiger partial charge is 0.311 e. The lowest BCUT2D eigenvalue weighted by Crippen LogP contribution is -2.15. The molecule has 0 aliphatic heterocycles. The van der Waals surface area contributed by atoms with Crippen molar-refractivity contribution in [2.24, 2.45) is 0 Å². The third kappa shape index (κ3) is 6.90. The smallest absolute Gasteiger partial charge is 0.0463 e. The summed E-state index contributed by atoms with van der Waals surface area (Å²) in [5.41, 5.74) is 21.5. The van der Waals surface area contributed by atoms with Crippen molar-refractivity contribution in [3.8, 4) is 33.4 Å². The highest BCUT2D eigenvalue weighted by molar-refractivity contribution is 5.87. The number of para-hydroxylation sites is 2. The highest BCUT2D eigenvalue weighted by Crippen LogP contribution is 2.47. The molecule has 2 aliphatic carbocycles. The van der Waals surface area contributed by atoms with Crippen LogP contribution < -0.4 is 9.80 Å². The molecule has 2 nitrogen and oxygen atoms in total. The molecule has 0 saturated heterocycles. The van der Waals surface area contributed by atoms with Crippen LogP contribution in [0.25, 0.3) is 33.4 Å². The number of anilines is 6. The Morgan fingerprint density at radius 2 is 0.466 bits per heavy atom. The highest BCUT2D eigenvalue weighted by atomic mass is 15.2. The first kappa shape index (κ1) is 35.8. The van der Waals surface area contributed by atoms with Crippen LogP contribution in [0.2, 0.25) is 0 Å². The molecule has 0 radical (unpaired) electrons. The third-order valence-corrected chi connectivity index (χ3v) is 12.2. The third-order valence-electron chi connectivity index (χ3n) is 12.2. The van der Waals surface area contributed by atoms with Crippen LogP contribution in [-0.2, 0) is 25.7 Å². The lowest BCUT2D eigenvalue weighted by molar-refractivity contribution is 0.662. The Labute approximate surface area is 343 Å². The van der Waals surface area contributed by atoms with Crippen molar-refractivity contribution in [3.05, 3.63) is 216 Å². The summed E-state index contributed by atoms with van der Waals surface area (Å²) in [6, 6.07) is 70.7. The second-order valence-corrected chi connectivity index (χ2v) is 15.8. The number of hydrogen-bond donors (Lipinski definition) is 0. The summed E-state index contributed by atoms with van der Waals surface area (Å²) in [6.45, 7) is 0. The Bertz CT molecular complexity index is 2580. The average Bonchev–Trinajstić information content (AvgIpc) is 3.31. The quantitative estimate of drug-likeness (QED) is 0.145. The van der Waals surface area contributed by atoms with Gasteiger partial charge in [-0.3, -0.25) is 0 Å². The molecule has 0 amide bonds. The zero-order valence-corrected chi connectivity index (χ0v) is 33.0. The maximum Gasteiger partial charge on any atom is 0.0463 e. The van der Waals surface area contributed by atoms with Crippen LogP contribution in [-0.4, -0.2) is 0 Å².